The number of carbonyl (C=O) groups is 1. The van der Waals surface area contributed by atoms with Crippen LogP contribution >= 0.6 is 0 Å². The number of aryl methyl sites for hydroxylation is 2. The highest BCUT2D eigenvalue weighted by molar-refractivity contribution is 5.83. The maximum Gasteiger partial charge on any atom is 0.252 e. The maximum atomic E-state index is 13.5. The molecule has 3 heterocycles. The van der Waals surface area contributed by atoms with Gasteiger partial charge >= 0.3 is 0 Å². The van der Waals surface area contributed by atoms with E-state index in [0.29, 0.717) is 12.6 Å². The summed E-state index contributed by atoms with van der Waals surface area (Å²) in [4.78, 5) is 20.6. The van der Waals surface area contributed by atoms with Crippen LogP contribution in [0, 0.1) is 0 Å². The molecule has 0 unspecified atom stereocenters. The number of ether oxygens (including phenoxy) is 2. The standard InChI is InChI=1S/C24H36N4O3/c1-5-18-14-21(26-23-20(18)15-25-27(23)12-7-13-30-4)17(3)28(19-10-11-19)24(29)22-9-6-8-16(2)31-22/h14-17,19,22H,5-13H2,1-4H3/t16-,17-,22-/m1/s1. The summed E-state index contributed by atoms with van der Waals surface area (Å²) in [6.07, 6.45) is 8.59. The third-order valence-corrected chi connectivity index (χ3v) is 6.60. The Hall–Kier alpha value is -1.99. The average molecular weight is 429 g/mol. The van der Waals surface area contributed by atoms with Crippen LogP contribution in [0.25, 0.3) is 11.0 Å². The Bertz CT molecular complexity index is 908. The lowest BCUT2D eigenvalue weighted by Gasteiger charge is -2.35. The van der Waals surface area contributed by atoms with Gasteiger partial charge in [0.05, 0.1) is 24.0 Å². The lowest BCUT2D eigenvalue weighted by molar-refractivity contribution is -0.154. The molecule has 31 heavy (non-hydrogen) atoms. The van der Waals surface area contributed by atoms with Crippen LogP contribution in [0.15, 0.2) is 12.3 Å². The van der Waals surface area contributed by atoms with Crippen molar-refractivity contribution in [1.29, 1.82) is 0 Å². The van der Waals surface area contributed by atoms with Crippen LogP contribution in [-0.2, 0) is 27.2 Å². The van der Waals surface area contributed by atoms with Crippen molar-refractivity contribution in [3.05, 3.63) is 23.5 Å². The van der Waals surface area contributed by atoms with Gasteiger partial charge in [0.25, 0.3) is 5.91 Å². The minimum atomic E-state index is -0.319. The van der Waals surface area contributed by atoms with Crippen LogP contribution in [0.4, 0.5) is 0 Å². The summed E-state index contributed by atoms with van der Waals surface area (Å²) >= 11 is 0. The number of methoxy groups -OCH3 is 1. The van der Waals surface area contributed by atoms with E-state index in [1.807, 2.05) is 10.9 Å². The van der Waals surface area contributed by atoms with Crippen molar-refractivity contribution in [2.45, 2.75) is 96.6 Å². The van der Waals surface area contributed by atoms with Crippen molar-refractivity contribution in [2.75, 3.05) is 13.7 Å². The Labute approximate surface area is 185 Å². The monoisotopic (exact) mass is 428 g/mol. The molecule has 1 aliphatic heterocycles. The van der Waals surface area contributed by atoms with Gasteiger partial charge in [-0.1, -0.05) is 6.92 Å². The van der Waals surface area contributed by atoms with Crippen LogP contribution in [0.1, 0.15) is 76.6 Å². The van der Waals surface area contributed by atoms with E-state index in [-0.39, 0.29) is 24.2 Å². The Morgan fingerprint density at radius 1 is 1.35 bits per heavy atom. The molecule has 4 rings (SSSR count). The van der Waals surface area contributed by atoms with Crippen molar-refractivity contribution in [2.24, 2.45) is 0 Å². The smallest absolute Gasteiger partial charge is 0.252 e. The molecule has 1 saturated heterocycles. The van der Waals surface area contributed by atoms with Crippen LogP contribution in [-0.4, -0.2) is 57.5 Å². The normalized spacial score (nSPS) is 22.6. The zero-order valence-electron chi connectivity index (χ0n) is 19.3. The summed E-state index contributed by atoms with van der Waals surface area (Å²) in [5, 5.41) is 5.68. The van der Waals surface area contributed by atoms with E-state index in [1.165, 1.54) is 5.56 Å². The second-order valence-electron chi connectivity index (χ2n) is 9.03. The SMILES string of the molecule is CCc1cc([C@@H](C)N(C(=O)[C@H]2CCC[C@@H](C)O2)C2CC2)nc2c1cnn2CCCOC. The van der Waals surface area contributed by atoms with Crippen LogP contribution in [0.3, 0.4) is 0 Å². The van der Waals surface area contributed by atoms with E-state index in [0.717, 1.165) is 68.2 Å². The van der Waals surface area contributed by atoms with Gasteiger partial charge in [-0.3, -0.25) is 4.79 Å². The first-order valence-electron chi connectivity index (χ1n) is 11.8. The predicted octanol–water partition coefficient (Wildman–Crippen LogP) is 4.04. The van der Waals surface area contributed by atoms with E-state index >= 15 is 0 Å². The molecule has 1 saturated carbocycles. The van der Waals surface area contributed by atoms with Crippen molar-refractivity contribution in [3.8, 4) is 0 Å². The van der Waals surface area contributed by atoms with E-state index in [4.69, 9.17) is 14.5 Å². The molecule has 7 heteroatoms. The minimum Gasteiger partial charge on any atom is -0.385 e. The third-order valence-electron chi connectivity index (χ3n) is 6.60. The van der Waals surface area contributed by atoms with Gasteiger partial charge in [-0.15, -0.1) is 0 Å². The first-order valence-corrected chi connectivity index (χ1v) is 11.8. The number of carbonyl (C=O) groups excluding carboxylic acids is 1. The van der Waals surface area contributed by atoms with Gasteiger partial charge < -0.3 is 14.4 Å². The van der Waals surface area contributed by atoms with Gasteiger partial charge in [0, 0.05) is 31.7 Å². The third kappa shape index (κ3) is 4.77. The molecular weight excluding hydrogens is 392 g/mol. The lowest BCUT2D eigenvalue weighted by Crippen LogP contribution is -2.45. The number of hydrogen-bond acceptors (Lipinski definition) is 5. The number of hydrogen-bond donors (Lipinski definition) is 0. The first-order chi connectivity index (χ1) is 15.0. The molecule has 0 aromatic carbocycles. The topological polar surface area (TPSA) is 69.5 Å². The first kappa shape index (κ1) is 22.2. The van der Waals surface area contributed by atoms with Crippen molar-refractivity contribution in [3.63, 3.8) is 0 Å². The van der Waals surface area contributed by atoms with Crippen molar-refractivity contribution < 1.29 is 14.3 Å². The van der Waals surface area contributed by atoms with Crippen LogP contribution in [0.2, 0.25) is 0 Å². The Morgan fingerprint density at radius 2 is 2.16 bits per heavy atom. The fourth-order valence-electron chi connectivity index (χ4n) is 4.70. The number of fused-ring (bicyclic) bond motifs is 1. The molecule has 2 aromatic heterocycles. The van der Waals surface area contributed by atoms with Crippen molar-refractivity contribution in [1.82, 2.24) is 19.7 Å². The molecule has 0 N–H and O–H groups in total. The zero-order chi connectivity index (χ0) is 22.0. The van der Waals surface area contributed by atoms with Gasteiger partial charge in [0.2, 0.25) is 0 Å². The highest BCUT2D eigenvalue weighted by Crippen LogP contribution is 2.37. The van der Waals surface area contributed by atoms with Gasteiger partial charge in [-0.25, -0.2) is 9.67 Å². The highest BCUT2D eigenvalue weighted by atomic mass is 16.5. The number of aromatic nitrogens is 3. The largest absolute Gasteiger partial charge is 0.385 e. The van der Waals surface area contributed by atoms with E-state index in [2.05, 4.69) is 36.8 Å². The Morgan fingerprint density at radius 3 is 2.84 bits per heavy atom. The number of amides is 1. The summed E-state index contributed by atoms with van der Waals surface area (Å²) in [6, 6.07) is 2.39. The van der Waals surface area contributed by atoms with Gasteiger partial charge in [0.15, 0.2) is 5.65 Å². The fraction of sp³-hybridized carbons (Fsp3) is 0.708. The molecule has 170 valence electrons. The molecular formula is C24H36N4O3. The predicted molar refractivity (Wildman–Crippen MR) is 120 cm³/mol. The van der Waals surface area contributed by atoms with Crippen LogP contribution < -0.4 is 0 Å². The zero-order valence-corrected chi connectivity index (χ0v) is 19.3. The number of pyridine rings is 1. The fourth-order valence-corrected chi connectivity index (χ4v) is 4.70. The summed E-state index contributed by atoms with van der Waals surface area (Å²) in [7, 11) is 1.72. The maximum absolute atomic E-state index is 13.5. The van der Waals surface area contributed by atoms with Crippen LogP contribution in [0.5, 0.6) is 0 Å². The average Bonchev–Trinajstić information content (AvgIpc) is 3.52. The lowest BCUT2D eigenvalue weighted by atomic mass is 10.0. The quantitative estimate of drug-likeness (QED) is 0.564. The number of nitrogens with zero attached hydrogens (tertiary/aromatic N) is 4. The molecule has 1 amide bonds. The summed E-state index contributed by atoms with van der Waals surface area (Å²) < 4.78 is 13.2. The highest BCUT2D eigenvalue weighted by Gasteiger charge is 2.41. The molecule has 7 nitrogen and oxygen atoms in total. The molecule has 3 atom stereocenters. The molecule has 0 bridgehead atoms. The van der Waals surface area contributed by atoms with Gasteiger partial charge in [-0.05, 0) is 70.4 Å². The molecule has 0 radical (unpaired) electrons. The molecule has 0 spiro atoms. The summed E-state index contributed by atoms with van der Waals surface area (Å²) in [6.45, 7) is 7.80. The van der Waals surface area contributed by atoms with Gasteiger partial charge in [-0.2, -0.15) is 5.10 Å². The second kappa shape index (κ2) is 9.65. The molecule has 2 aliphatic rings. The molecule has 1 aliphatic carbocycles. The Balaban J connectivity index is 1.63. The Kier molecular flexibility index (Phi) is 6.92. The molecule has 2 fully saturated rings. The van der Waals surface area contributed by atoms with E-state index in [9.17, 15) is 4.79 Å². The van der Waals surface area contributed by atoms with Gasteiger partial charge in [0.1, 0.15) is 6.10 Å². The molecule has 2 aromatic rings. The van der Waals surface area contributed by atoms with E-state index < -0.39 is 0 Å². The van der Waals surface area contributed by atoms with Crippen molar-refractivity contribution >= 4 is 16.9 Å². The second-order valence-corrected chi connectivity index (χ2v) is 9.03. The van der Waals surface area contributed by atoms with E-state index in [1.54, 1.807) is 7.11 Å². The summed E-state index contributed by atoms with van der Waals surface area (Å²) in [5.74, 6) is 0.134. The number of rotatable bonds is 9. The summed E-state index contributed by atoms with van der Waals surface area (Å²) in [5.41, 5.74) is 3.08. The minimum absolute atomic E-state index is 0.0853.